The molecule has 0 saturated heterocycles. The number of nitrogens with zero attached hydrogens (tertiary/aromatic N) is 2. The van der Waals surface area contributed by atoms with E-state index in [0.29, 0.717) is 17.2 Å². The molecular weight excluding hydrogens is 322 g/mol. The number of nitrogens with one attached hydrogen (secondary N) is 1. The molecule has 3 aromatic rings. The molecule has 1 N–H and O–H groups in total. The van der Waals surface area contributed by atoms with Crippen molar-refractivity contribution < 1.29 is 9.21 Å². The SMILES string of the molecule is Cc1c(C(=O)Nc2ccn(C)n2)oc2ccc(Br)cc12. The lowest BCUT2D eigenvalue weighted by Gasteiger charge is -1.99. The molecule has 2 heterocycles. The molecule has 0 atom stereocenters. The normalized spacial score (nSPS) is 10.9. The monoisotopic (exact) mass is 333 g/mol. The zero-order valence-electron chi connectivity index (χ0n) is 11.0. The van der Waals surface area contributed by atoms with E-state index in [2.05, 4.69) is 26.3 Å². The number of fused-ring (bicyclic) bond motifs is 1. The predicted octanol–water partition coefficient (Wildman–Crippen LogP) is 3.49. The molecule has 0 saturated carbocycles. The van der Waals surface area contributed by atoms with Crippen molar-refractivity contribution in [2.24, 2.45) is 7.05 Å². The number of benzene rings is 1. The Balaban J connectivity index is 1.97. The van der Waals surface area contributed by atoms with Gasteiger partial charge in [0.15, 0.2) is 11.6 Å². The molecule has 0 radical (unpaired) electrons. The Kier molecular flexibility index (Phi) is 3.10. The van der Waals surface area contributed by atoms with Crippen LogP contribution in [0.15, 0.2) is 39.4 Å². The summed E-state index contributed by atoms with van der Waals surface area (Å²) < 4.78 is 8.20. The van der Waals surface area contributed by atoms with Crippen molar-refractivity contribution in [1.29, 1.82) is 0 Å². The maximum Gasteiger partial charge on any atom is 0.292 e. The van der Waals surface area contributed by atoms with Gasteiger partial charge in [-0.1, -0.05) is 15.9 Å². The predicted molar refractivity (Wildman–Crippen MR) is 79.8 cm³/mol. The highest BCUT2D eigenvalue weighted by Crippen LogP contribution is 2.28. The first-order valence-corrected chi connectivity index (χ1v) is 6.83. The van der Waals surface area contributed by atoms with Crippen LogP contribution in [0.25, 0.3) is 11.0 Å². The van der Waals surface area contributed by atoms with Gasteiger partial charge in [-0.05, 0) is 25.1 Å². The molecule has 102 valence electrons. The van der Waals surface area contributed by atoms with Crippen molar-refractivity contribution >= 4 is 38.6 Å². The van der Waals surface area contributed by atoms with Gasteiger partial charge in [-0.3, -0.25) is 9.48 Å². The zero-order chi connectivity index (χ0) is 14.3. The van der Waals surface area contributed by atoms with Crippen LogP contribution in [0.5, 0.6) is 0 Å². The molecule has 1 amide bonds. The summed E-state index contributed by atoms with van der Waals surface area (Å²) >= 11 is 3.41. The third-order valence-corrected chi connectivity index (χ3v) is 3.55. The van der Waals surface area contributed by atoms with Crippen molar-refractivity contribution in [3.63, 3.8) is 0 Å². The molecule has 1 aromatic carbocycles. The number of aryl methyl sites for hydroxylation is 2. The number of amides is 1. The fraction of sp³-hybridized carbons (Fsp3) is 0.143. The molecule has 20 heavy (non-hydrogen) atoms. The number of furan rings is 1. The van der Waals surface area contributed by atoms with Gasteiger partial charge in [0.05, 0.1) is 0 Å². The molecule has 5 nitrogen and oxygen atoms in total. The van der Waals surface area contributed by atoms with Gasteiger partial charge in [-0.2, -0.15) is 5.10 Å². The number of rotatable bonds is 2. The minimum atomic E-state index is -0.298. The second kappa shape index (κ2) is 4.79. The van der Waals surface area contributed by atoms with Crippen LogP contribution in [0.3, 0.4) is 0 Å². The van der Waals surface area contributed by atoms with Crippen molar-refractivity contribution in [3.8, 4) is 0 Å². The van der Waals surface area contributed by atoms with Gasteiger partial charge in [0, 0.05) is 34.7 Å². The van der Waals surface area contributed by atoms with Gasteiger partial charge in [0.25, 0.3) is 5.91 Å². The summed E-state index contributed by atoms with van der Waals surface area (Å²) in [6.45, 7) is 1.87. The van der Waals surface area contributed by atoms with E-state index >= 15 is 0 Å². The highest BCUT2D eigenvalue weighted by Gasteiger charge is 2.18. The van der Waals surface area contributed by atoms with Crippen molar-refractivity contribution in [1.82, 2.24) is 9.78 Å². The van der Waals surface area contributed by atoms with E-state index in [-0.39, 0.29) is 5.91 Å². The van der Waals surface area contributed by atoms with Crippen LogP contribution in [-0.2, 0) is 7.05 Å². The van der Waals surface area contributed by atoms with Crippen LogP contribution in [0.4, 0.5) is 5.82 Å². The second-order valence-electron chi connectivity index (χ2n) is 4.53. The summed E-state index contributed by atoms with van der Waals surface area (Å²) in [6, 6.07) is 7.38. The second-order valence-corrected chi connectivity index (χ2v) is 5.44. The number of hydrogen-bond donors (Lipinski definition) is 1. The Bertz CT molecular complexity index is 804. The number of aromatic nitrogens is 2. The van der Waals surface area contributed by atoms with Crippen LogP contribution in [0, 0.1) is 6.92 Å². The quantitative estimate of drug-likeness (QED) is 0.780. The van der Waals surface area contributed by atoms with E-state index in [1.807, 2.05) is 25.1 Å². The van der Waals surface area contributed by atoms with Gasteiger partial charge in [0.2, 0.25) is 0 Å². The summed E-state index contributed by atoms with van der Waals surface area (Å²) in [5, 5.41) is 7.75. The third-order valence-electron chi connectivity index (χ3n) is 3.06. The Hall–Kier alpha value is -2.08. The summed E-state index contributed by atoms with van der Waals surface area (Å²) in [5.41, 5.74) is 1.51. The van der Waals surface area contributed by atoms with Crippen LogP contribution in [0.1, 0.15) is 16.1 Å². The minimum Gasteiger partial charge on any atom is -0.451 e. The molecular formula is C14H12BrN3O2. The number of halogens is 1. The largest absolute Gasteiger partial charge is 0.451 e. The van der Waals surface area contributed by atoms with E-state index in [1.165, 1.54) is 0 Å². The fourth-order valence-corrected chi connectivity index (χ4v) is 2.43. The van der Waals surface area contributed by atoms with Gasteiger partial charge in [-0.15, -0.1) is 0 Å². The highest BCUT2D eigenvalue weighted by molar-refractivity contribution is 9.10. The lowest BCUT2D eigenvalue weighted by Crippen LogP contribution is -2.12. The van der Waals surface area contributed by atoms with E-state index < -0.39 is 0 Å². The Labute approximate surface area is 123 Å². The number of carbonyl (C=O) groups is 1. The Morgan fingerprint density at radius 1 is 1.40 bits per heavy atom. The summed E-state index contributed by atoms with van der Waals surface area (Å²) in [7, 11) is 1.79. The molecule has 0 aliphatic carbocycles. The maximum absolute atomic E-state index is 12.2. The molecule has 0 aliphatic heterocycles. The summed E-state index contributed by atoms with van der Waals surface area (Å²) in [4.78, 5) is 12.2. The minimum absolute atomic E-state index is 0.298. The Morgan fingerprint density at radius 3 is 2.90 bits per heavy atom. The standard InChI is InChI=1S/C14H12BrN3O2/c1-8-10-7-9(15)3-4-11(10)20-13(8)14(19)16-12-5-6-18(2)17-12/h3-7H,1-2H3,(H,16,17,19). The average molecular weight is 334 g/mol. The van der Waals surface area contributed by atoms with Crippen LogP contribution in [-0.4, -0.2) is 15.7 Å². The number of carbonyl (C=O) groups excluding carboxylic acids is 1. The van der Waals surface area contributed by atoms with Crippen molar-refractivity contribution in [3.05, 3.63) is 46.3 Å². The van der Waals surface area contributed by atoms with Crippen molar-refractivity contribution in [2.75, 3.05) is 5.32 Å². The third kappa shape index (κ3) is 2.22. The highest BCUT2D eigenvalue weighted by atomic mass is 79.9. The molecule has 0 bridgehead atoms. The molecule has 0 fully saturated rings. The summed E-state index contributed by atoms with van der Waals surface area (Å²) in [5.74, 6) is 0.510. The smallest absolute Gasteiger partial charge is 0.292 e. The number of hydrogen-bond acceptors (Lipinski definition) is 3. The average Bonchev–Trinajstić information content (AvgIpc) is 2.94. The molecule has 6 heteroatoms. The van der Waals surface area contributed by atoms with Crippen LogP contribution >= 0.6 is 15.9 Å². The van der Waals surface area contributed by atoms with E-state index in [4.69, 9.17) is 4.42 Å². The lowest BCUT2D eigenvalue weighted by molar-refractivity contribution is 0.0997. The first kappa shape index (κ1) is 12.9. The van der Waals surface area contributed by atoms with Gasteiger partial charge < -0.3 is 9.73 Å². The fourth-order valence-electron chi connectivity index (χ4n) is 2.06. The van der Waals surface area contributed by atoms with Crippen LogP contribution in [0.2, 0.25) is 0 Å². The van der Waals surface area contributed by atoms with Gasteiger partial charge in [0.1, 0.15) is 5.58 Å². The zero-order valence-corrected chi connectivity index (χ0v) is 12.6. The van der Waals surface area contributed by atoms with E-state index in [1.54, 1.807) is 24.0 Å². The topological polar surface area (TPSA) is 60.1 Å². The Morgan fingerprint density at radius 2 is 2.20 bits per heavy atom. The molecule has 0 unspecified atom stereocenters. The molecule has 3 rings (SSSR count). The first-order valence-electron chi connectivity index (χ1n) is 6.04. The summed E-state index contributed by atoms with van der Waals surface area (Å²) in [6.07, 6.45) is 1.76. The van der Waals surface area contributed by atoms with Crippen LogP contribution < -0.4 is 5.32 Å². The van der Waals surface area contributed by atoms with Gasteiger partial charge >= 0.3 is 0 Å². The maximum atomic E-state index is 12.2. The van der Waals surface area contributed by atoms with E-state index in [0.717, 1.165) is 15.4 Å². The van der Waals surface area contributed by atoms with Gasteiger partial charge in [-0.25, -0.2) is 0 Å². The molecule has 0 spiro atoms. The van der Waals surface area contributed by atoms with Crippen molar-refractivity contribution in [2.45, 2.75) is 6.92 Å². The molecule has 0 aliphatic rings. The van der Waals surface area contributed by atoms with E-state index in [9.17, 15) is 4.79 Å². The number of anilines is 1. The lowest BCUT2D eigenvalue weighted by atomic mass is 10.1. The first-order chi connectivity index (χ1) is 9.54. The molecule has 2 aromatic heterocycles.